The summed E-state index contributed by atoms with van der Waals surface area (Å²) in [6, 6.07) is 6.45. The van der Waals surface area contributed by atoms with Gasteiger partial charge in [0.15, 0.2) is 0 Å². The molecule has 3 rings (SSSR count). The van der Waals surface area contributed by atoms with E-state index in [9.17, 15) is 9.18 Å². The van der Waals surface area contributed by atoms with Crippen LogP contribution in [-0.2, 0) is 10.2 Å². The Bertz CT molecular complexity index is 551. The second-order valence-electron chi connectivity index (χ2n) is 5.71. The fourth-order valence-electron chi connectivity index (χ4n) is 2.92. The second-order valence-corrected chi connectivity index (χ2v) is 5.71. The Morgan fingerprint density at radius 2 is 2.10 bits per heavy atom. The van der Waals surface area contributed by atoms with Crippen LogP contribution in [0.15, 0.2) is 36.4 Å². The van der Waals surface area contributed by atoms with Gasteiger partial charge in [0.2, 0.25) is 5.91 Å². The van der Waals surface area contributed by atoms with Gasteiger partial charge in [0.25, 0.3) is 0 Å². The lowest BCUT2D eigenvalue weighted by Crippen LogP contribution is -2.40. The van der Waals surface area contributed by atoms with E-state index >= 15 is 0 Å². The van der Waals surface area contributed by atoms with Gasteiger partial charge in [0.05, 0.1) is 5.41 Å². The molecule has 0 spiro atoms. The fourth-order valence-corrected chi connectivity index (χ4v) is 2.92. The maximum absolute atomic E-state index is 13.9. The highest BCUT2D eigenvalue weighted by Crippen LogP contribution is 2.49. The van der Waals surface area contributed by atoms with E-state index < -0.39 is 5.41 Å². The van der Waals surface area contributed by atoms with Gasteiger partial charge >= 0.3 is 0 Å². The summed E-state index contributed by atoms with van der Waals surface area (Å²) >= 11 is 0. The molecule has 0 saturated heterocycles. The molecule has 1 aromatic rings. The van der Waals surface area contributed by atoms with E-state index in [1.165, 1.54) is 6.07 Å². The highest BCUT2D eigenvalue weighted by Gasteiger charge is 2.53. The summed E-state index contributed by atoms with van der Waals surface area (Å²) in [4.78, 5) is 12.5. The third-order valence-corrected chi connectivity index (χ3v) is 4.30. The Labute approximate surface area is 117 Å². The van der Waals surface area contributed by atoms with Crippen LogP contribution < -0.4 is 5.32 Å². The number of carbonyl (C=O) groups excluding carboxylic acids is 1. The quantitative estimate of drug-likeness (QED) is 0.825. The topological polar surface area (TPSA) is 49.3 Å². The molecule has 1 fully saturated rings. The van der Waals surface area contributed by atoms with Crippen molar-refractivity contribution in [3.63, 3.8) is 0 Å². The zero-order chi connectivity index (χ0) is 14.2. The second kappa shape index (κ2) is 5.02. The molecule has 0 unspecified atom stereocenters. The molecule has 4 heteroatoms. The Morgan fingerprint density at radius 3 is 2.70 bits per heavy atom. The first kappa shape index (κ1) is 13.3. The summed E-state index contributed by atoms with van der Waals surface area (Å²) in [6.07, 6.45) is 5.94. The molecule has 2 atom stereocenters. The van der Waals surface area contributed by atoms with E-state index in [0.29, 0.717) is 18.4 Å². The molecule has 0 radical (unpaired) electrons. The first-order valence-electron chi connectivity index (χ1n) is 7.01. The van der Waals surface area contributed by atoms with Crippen LogP contribution >= 0.6 is 0 Å². The van der Waals surface area contributed by atoms with Crippen LogP contribution in [-0.4, -0.2) is 23.7 Å². The molecule has 3 nitrogen and oxygen atoms in total. The molecular formula is C16H18FNO2. The van der Waals surface area contributed by atoms with Crippen molar-refractivity contribution in [1.82, 2.24) is 5.32 Å². The number of aliphatic hydroxyl groups excluding tert-OH is 1. The SMILES string of the molecule is O=C(N[C@@H]1C=C[C@H](CO)C1)C1(c2ccccc2F)CC1. The van der Waals surface area contributed by atoms with Crippen molar-refractivity contribution in [1.29, 1.82) is 0 Å². The first-order chi connectivity index (χ1) is 9.65. The van der Waals surface area contributed by atoms with Gasteiger partial charge in [0, 0.05) is 24.1 Å². The van der Waals surface area contributed by atoms with Gasteiger partial charge in [-0.2, -0.15) is 0 Å². The Balaban J connectivity index is 1.72. The predicted molar refractivity (Wildman–Crippen MR) is 73.6 cm³/mol. The average molecular weight is 275 g/mol. The Hall–Kier alpha value is -1.68. The Kier molecular flexibility index (Phi) is 3.34. The maximum Gasteiger partial charge on any atom is 0.231 e. The highest BCUT2D eigenvalue weighted by molar-refractivity contribution is 5.91. The number of amides is 1. The molecule has 2 aliphatic rings. The summed E-state index contributed by atoms with van der Waals surface area (Å²) < 4.78 is 13.9. The molecule has 20 heavy (non-hydrogen) atoms. The maximum atomic E-state index is 13.9. The molecule has 0 heterocycles. The summed E-state index contributed by atoms with van der Waals surface area (Å²) in [6.45, 7) is 0.0985. The van der Waals surface area contributed by atoms with Crippen LogP contribution in [0.25, 0.3) is 0 Å². The number of hydrogen-bond acceptors (Lipinski definition) is 2. The number of carbonyl (C=O) groups is 1. The molecule has 2 N–H and O–H groups in total. The van der Waals surface area contributed by atoms with Crippen LogP contribution in [0.1, 0.15) is 24.8 Å². The number of rotatable bonds is 4. The van der Waals surface area contributed by atoms with Gasteiger partial charge in [-0.3, -0.25) is 4.79 Å². The van der Waals surface area contributed by atoms with Crippen LogP contribution in [0.4, 0.5) is 4.39 Å². The van der Waals surface area contributed by atoms with E-state index in [1.807, 2.05) is 12.2 Å². The number of halogens is 1. The molecule has 2 aliphatic carbocycles. The Morgan fingerprint density at radius 1 is 1.35 bits per heavy atom. The number of aliphatic hydroxyl groups is 1. The van der Waals surface area contributed by atoms with Crippen molar-refractivity contribution in [2.24, 2.45) is 5.92 Å². The monoisotopic (exact) mass is 275 g/mol. The van der Waals surface area contributed by atoms with Crippen molar-refractivity contribution in [3.05, 3.63) is 47.8 Å². The van der Waals surface area contributed by atoms with E-state index in [0.717, 1.165) is 6.42 Å². The van der Waals surface area contributed by atoms with Gasteiger partial charge < -0.3 is 10.4 Å². The van der Waals surface area contributed by atoms with Crippen LogP contribution in [0.2, 0.25) is 0 Å². The van der Waals surface area contributed by atoms with Crippen LogP contribution in [0.3, 0.4) is 0 Å². The minimum absolute atomic E-state index is 0.0519. The smallest absolute Gasteiger partial charge is 0.231 e. The molecule has 0 bridgehead atoms. The van der Waals surface area contributed by atoms with E-state index in [-0.39, 0.29) is 30.3 Å². The lowest BCUT2D eigenvalue weighted by atomic mass is 9.94. The first-order valence-corrected chi connectivity index (χ1v) is 7.01. The summed E-state index contributed by atoms with van der Waals surface area (Å²) in [5.41, 5.74) is -0.186. The van der Waals surface area contributed by atoms with Crippen molar-refractivity contribution in [3.8, 4) is 0 Å². The third-order valence-electron chi connectivity index (χ3n) is 4.30. The average Bonchev–Trinajstić information content (AvgIpc) is 3.14. The third kappa shape index (κ3) is 2.24. The predicted octanol–water partition coefficient (Wildman–Crippen LogP) is 1.91. The lowest BCUT2D eigenvalue weighted by molar-refractivity contribution is -0.124. The van der Waals surface area contributed by atoms with Crippen molar-refractivity contribution < 1.29 is 14.3 Å². The summed E-state index contributed by atoms with van der Waals surface area (Å²) in [5, 5.41) is 12.1. The van der Waals surface area contributed by atoms with E-state index in [4.69, 9.17) is 5.11 Å². The summed E-state index contributed by atoms with van der Waals surface area (Å²) in [7, 11) is 0. The van der Waals surface area contributed by atoms with E-state index in [2.05, 4.69) is 5.32 Å². The number of benzene rings is 1. The van der Waals surface area contributed by atoms with Gasteiger partial charge in [-0.15, -0.1) is 0 Å². The minimum atomic E-state index is -0.684. The lowest BCUT2D eigenvalue weighted by Gasteiger charge is -2.20. The largest absolute Gasteiger partial charge is 0.396 e. The molecule has 1 amide bonds. The highest BCUT2D eigenvalue weighted by atomic mass is 19.1. The number of nitrogens with one attached hydrogen (secondary N) is 1. The van der Waals surface area contributed by atoms with Crippen molar-refractivity contribution in [2.75, 3.05) is 6.61 Å². The molecule has 106 valence electrons. The number of hydrogen-bond donors (Lipinski definition) is 2. The molecule has 1 saturated carbocycles. The standard InChI is InChI=1S/C16H18FNO2/c17-14-4-2-1-3-13(14)16(7-8-16)15(20)18-12-6-5-11(9-12)10-19/h1-6,11-12,19H,7-10H2,(H,18,20)/t11-,12+/m0/s1. The zero-order valence-electron chi connectivity index (χ0n) is 11.2. The normalized spacial score (nSPS) is 26.5. The summed E-state index contributed by atoms with van der Waals surface area (Å²) in [5.74, 6) is -0.296. The minimum Gasteiger partial charge on any atom is -0.396 e. The van der Waals surface area contributed by atoms with Crippen molar-refractivity contribution in [2.45, 2.75) is 30.7 Å². The van der Waals surface area contributed by atoms with Gasteiger partial charge in [-0.1, -0.05) is 30.4 Å². The van der Waals surface area contributed by atoms with Crippen molar-refractivity contribution >= 4 is 5.91 Å². The van der Waals surface area contributed by atoms with E-state index in [1.54, 1.807) is 18.2 Å². The fraction of sp³-hybridized carbons (Fsp3) is 0.438. The molecular weight excluding hydrogens is 257 g/mol. The van der Waals surface area contributed by atoms with Crippen LogP contribution in [0, 0.1) is 11.7 Å². The molecule has 0 aromatic heterocycles. The van der Waals surface area contributed by atoms with Gasteiger partial charge in [0.1, 0.15) is 5.82 Å². The molecule has 0 aliphatic heterocycles. The van der Waals surface area contributed by atoms with Crippen LogP contribution in [0.5, 0.6) is 0 Å². The van der Waals surface area contributed by atoms with Gasteiger partial charge in [-0.25, -0.2) is 4.39 Å². The van der Waals surface area contributed by atoms with Gasteiger partial charge in [-0.05, 0) is 25.3 Å². The zero-order valence-corrected chi connectivity index (χ0v) is 11.2. The molecule has 1 aromatic carbocycles.